The molecule has 2 rings (SSSR count). The third-order valence-electron chi connectivity index (χ3n) is 2.42. The van der Waals surface area contributed by atoms with Crippen LogP contribution in [0, 0.1) is 0 Å². The number of anilines is 1. The van der Waals surface area contributed by atoms with Gasteiger partial charge in [0.1, 0.15) is 5.69 Å². The monoisotopic (exact) mass is 294 g/mol. The van der Waals surface area contributed by atoms with Crippen molar-refractivity contribution in [1.82, 2.24) is 4.98 Å². The van der Waals surface area contributed by atoms with Crippen LogP contribution in [0.4, 0.5) is 18.9 Å². The van der Waals surface area contributed by atoms with Crippen molar-refractivity contribution in [3.63, 3.8) is 0 Å². The van der Waals surface area contributed by atoms with Crippen LogP contribution in [0.1, 0.15) is 5.69 Å². The summed E-state index contributed by atoms with van der Waals surface area (Å²) >= 11 is 11.8. The van der Waals surface area contributed by atoms with Crippen LogP contribution in [0.3, 0.4) is 0 Å². The van der Waals surface area contributed by atoms with Crippen molar-refractivity contribution in [2.75, 3.05) is 12.4 Å². The number of alkyl halides is 3. The number of rotatable bonds is 1. The zero-order valence-corrected chi connectivity index (χ0v) is 10.6. The van der Waals surface area contributed by atoms with Crippen LogP contribution in [0.25, 0.3) is 10.9 Å². The second-order valence-corrected chi connectivity index (χ2v) is 4.37. The first-order chi connectivity index (χ1) is 8.34. The van der Waals surface area contributed by atoms with E-state index in [4.69, 9.17) is 23.2 Å². The highest BCUT2D eigenvalue weighted by Gasteiger charge is 2.33. The molecule has 0 amide bonds. The van der Waals surface area contributed by atoms with E-state index in [1.807, 2.05) is 0 Å². The smallest absolute Gasteiger partial charge is 0.387 e. The number of benzene rings is 1. The second kappa shape index (κ2) is 4.48. The molecule has 7 heteroatoms. The van der Waals surface area contributed by atoms with Crippen LogP contribution in [0.2, 0.25) is 10.0 Å². The Labute approximate surface area is 111 Å². The quantitative estimate of drug-likeness (QED) is 0.831. The topological polar surface area (TPSA) is 24.9 Å². The fraction of sp³-hybridized carbons (Fsp3) is 0.182. The summed E-state index contributed by atoms with van der Waals surface area (Å²) in [5, 5.41) is 3.46. The SMILES string of the molecule is CNc1cc(C(F)(F)F)nc2c(Cl)ccc(Cl)c12. The average molecular weight is 295 g/mol. The lowest BCUT2D eigenvalue weighted by Gasteiger charge is -2.13. The molecule has 1 heterocycles. The van der Waals surface area contributed by atoms with Gasteiger partial charge in [0, 0.05) is 18.1 Å². The van der Waals surface area contributed by atoms with E-state index < -0.39 is 11.9 Å². The Balaban J connectivity index is 2.88. The molecule has 0 radical (unpaired) electrons. The van der Waals surface area contributed by atoms with E-state index in [1.54, 1.807) is 0 Å². The Morgan fingerprint density at radius 3 is 2.33 bits per heavy atom. The summed E-state index contributed by atoms with van der Waals surface area (Å²) in [5.74, 6) is 0. The number of nitrogens with one attached hydrogen (secondary N) is 1. The van der Waals surface area contributed by atoms with Gasteiger partial charge < -0.3 is 5.32 Å². The minimum atomic E-state index is -4.54. The average Bonchev–Trinajstić information content (AvgIpc) is 2.31. The van der Waals surface area contributed by atoms with Crippen LogP contribution >= 0.6 is 23.2 Å². The summed E-state index contributed by atoms with van der Waals surface area (Å²) < 4.78 is 38.1. The van der Waals surface area contributed by atoms with Crippen molar-refractivity contribution in [1.29, 1.82) is 0 Å². The van der Waals surface area contributed by atoms with E-state index in [9.17, 15) is 13.2 Å². The van der Waals surface area contributed by atoms with Crippen molar-refractivity contribution in [3.05, 3.63) is 33.9 Å². The molecule has 18 heavy (non-hydrogen) atoms. The van der Waals surface area contributed by atoms with Crippen molar-refractivity contribution < 1.29 is 13.2 Å². The highest BCUT2D eigenvalue weighted by molar-refractivity contribution is 6.40. The molecule has 2 aromatic rings. The zero-order chi connectivity index (χ0) is 13.5. The lowest BCUT2D eigenvalue weighted by Crippen LogP contribution is -2.09. The largest absolute Gasteiger partial charge is 0.433 e. The first kappa shape index (κ1) is 13.2. The third-order valence-corrected chi connectivity index (χ3v) is 3.04. The van der Waals surface area contributed by atoms with Gasteiger partial charge in [-0.1, -0.05) is 23.2 Å². The molecule has 1 N–H and O–H groups in total. The highest BCUT2D eigenvalue weighted by atomic mass is 35.5. The van der Waals surface area contributed by atoms with Gasteiger partial charge >= 0.3 is 6.18 Å². The van der Waals surface area contributed by atoms with Crippen molar-refractivity contribution in [3.8, 4) is 0 Å². The molecule has 0 spiro atoms. The molecule has 0 bridgehead atoms. The lowest BCUT2D eigenvalue weighted by molar-refractivity contribution is -0.140. The molecule has 0 atom stereocenters. The van der Waals surface area contributed by atoms with E-state index in [0.29, 0.717) is 10.4 Å². The predicted molar refractivity (Wildman–Crippen MR) is 66.3 cm³/mol. The van der Waals surface area contributed by atoms with Gasteiger partial charge in [0.2, 0.25) is 0 Å². The van der Waals surface area contributed by atoms with Crippen molar-refractivity contribution in [2.24, 2.45) is 0 Å². The van der Waals surface area contributed by atoms with E-state index in [0.717, 1.165) is 6.07 Å². The van der Waals surface area contributed by atoms with Gasteiger partial charge in [0.15, 0.2) is 0 Å². The molecular weight excluding hydrogens is 288 g/mol. The van der Waals surface area contributed by atoms with Gasteiger partial charge in [-0.2, -0.15) is 13.2 Å². The minimum absolute atomic E-state index is 0.0309. The molecule has 1 aromatic carbocycles. The number of fused-ring (bicyclic) bond motifs is 1. The summed E-state index contributed by atoms with van der Waals surface area (Å²) in [6.45, 7) is 0. The van der Waals surface area contributed by atoms with Crippen molar-refractivity contribution in [2.45, 2.75) is 6.18 Å². The number of halogens is 5. The van der Waals surface area contributed by atoms with Crippen LogP contribution in [-0.4, -0.2) is 12.0 Å². The minimum Gasteiger partial charge on any atom is -0.387 e. The van der Waals surface area contributed by atoms with Crippen molar-refractivity contribution >= 4 is 39.8 Å². The Kier molecular flexibility index (Phi) is 3.29. The Morgan fingerprint density at radius 1 is 1.17 bits per heavy atom. The summed E-state index contributed by atoms with van der Waals surface area (Å²) in [5.41, 5.74) is -0.744. The Hall–Kier alpha value is -1.20. The Bertz CT molecular complexity index is 611. The molecular formula is C11H7Cl2F3N2. The van der Waals surface area contributed by atoms with Gasteiger partial charge in [-0.15, -0.1) is 0 Å². The predicted octanol–water partition coefficient (Wildman–Crippen LogP) is 4.60. The fourth-order valence-electron chi connectivity index (χ4n) is 1.61. The second-order valence-electron chi connectivity index (χ2n) is 3.56. The third kappa shape index (κ3) is 2.20. The maximum absolute atomic E-state index is 12.7. The van der Waals surface area contributed by atoms with E-state index in [-0.39, 0.29) is 16.2 Å². The van der Waals surface area contributed by atoms with Crippen LogP contribution in [0.5, 0.6) is 0 Å². The normalized spacial score (nSPS) is 11.9. The van der Waals surface area contributed by atoms with Crippen LogP contribution in [0.15, 0.2) is 18.2 Å². The number of hydrogen-bond donors (Lipinski definition) is 1. The molecule has 0 aliphatic carbocycles. The molecule has 0 aliphatic heterocycles. The summed E-state index contributed by atoms with van der Waals surface area (Å²) in [6, 6.07) is 3.84. The zero-order valence-electron chi connectivity index (χ0n) is 9.07. The Morgan fingerprint density at radius 2 is 1.78 bits per heavy atom. The molecule has 0 saturated heterocycles. The van der Waals surface area contributed by atoms with E-state index in [1.165, 1.54) is 19.2 Å². The first-order valence-electron chi connectivity index (χ1n) is 4.88. The number of pyridine rings is 1. The van der Waals surface area contributed by atoms with E-state index >= 15 is 0 Å². The number of hydrogen-bond acceptors (Lipinski definition) is 2. The molecule has 2 nitrogen and oxygen atoms in total. The van der Waals surface area contributed by atoms with Gasteiger partial charge in [0.05, 0.1) is 15.6 Å². The first-order valence-corrected chi connectivity index (χ1v) is 5.64. The van der Waals surface area contributed by atoms with Gasteiger partial charge in [-0.3, -0.25) is 0 Å². The van der Waals surface area contributed by atoms with Gasteiger partial charge in [-0.25, -0.2) is 4.98 Å². The molecule has 0 unspecified atom stereocenters. The maximum Gasteiger partial charge on any atom is 0.433 e. The molecule has 96 valence electrons. The highest BCUT2D eigenvalue weighted by Crippen LogP contribution is 2.38. The summed E-state index contributed by atoms with van der Waals surface area (Å²) in [6.07, 6.45) is -4.54. The van der Waals surface area contributed by atoms with E-state index in [2.05, 4.69) is 10.3 Å². The summed E-state index contributed by atoms with van der Waals surface area (Å²) in [7, 11) is 1.51. The van der Waals surface area contributed by atoms with Gasteiger partial charge in [0.25, 0.3) is 0 Å². The number of nitrogens with zero attached hydrogens (tertiary/aromatic N) is 1. The standard InChI is InChI=1S/C11H7Cl2F3N2/c1-17-7-4-8(11(14,15)16)18-10-6(13)3-2-5(12)9(7)10/h2-4H,1H3,(H,17,18). The van der Waals surface area contributed by atoms with Crippen LogP contribution < -0.4 is 5.32 Å². The molecule has 0 saturated carbocycles. The lowest BCUT2D eigenvalue weighted by atomic mass is 10.1. The number of aromatic nitrogens is 1. The molecule has 0 fully saturated rings. The van der Waals surface area contributed by atoms with Crippen LogP contribution in [-0.2, 0) is 6.18 Å². The summed E-state index contributed by atoms with van der Waals surface area (Å²) in [4.78, 5) is 3.53. The maximum atomic E-state index is 12.7. The fourth-order valence-corrected chi connectivity index (χ4v) is 2.06. The van der Waals surface area contributed by atoms with Gasteiger partial charge in [-0.05, 0) is 18.2 Å². The molecule has 0 aliphatic rings. The molecule has 1 aromatic heterocycles.